The Hall–Kier alpha value is -4.14. The molecule has 0 aliphatic heterocycles. The van der Waals surface area contributed by atoms with Crippen molar-refractivity contribution in [2.24, 2.45) is 0 Å². The smallest absolute Gasteiger partial charge is 0.255 e. The van der Waals surface area contributed by atoms with Crippen molar-refractivity contribution in [1.29, 1.82) is 0 Å². The predicted octanol–water partition coefficient (Wildman–Crippen LogP) is 3.71. The van der Waals surface area contributed by atoms with Gasteiger partial charge in [-0.2, -0.15) is 5.10 Å². The van der Waals surface area contributed by atoms with Crippen LogP contribution in [0.1, 0.15) is 27.4 Å². The number of rotatable bonds is 7. The Morgan fingerprint density at radius 1 is 1.16 bits per heavy atom. The topological polar surface area (TPSA) is 104 Å². The number of hydrogen-bond donors (Lipinski definition) is 1. The molecule has 2 heterocycles. The van der Waals surface area contributed by atoms with E-state index in [0.29, 0.717) is 34.2 Å². The molecule has 0 radical (unpaired) electrons. The molecule has 4 rings (SSSR count). The Labute approximate surface area is 178 Å². The Morgan fingerprint density at radius 3 is 2.71 bits per heavy atom. The van der Waals surface area contributed by atoms with E-state index in [2.05, 4.69) is 20.6 Å². The lowest BCUT2D eigenvalue weighted by molar-refractivity contribution is 0.102. The molecule has 2 aromatic carbocycles. The van der Waals surface area contributed by atoms with E-state index in [9.17, 15) is 4.79 Å². The van der Waals surface area contributed by atoms with E-state index in [4.69, 9.17) is 14.0 Å². The molecule has 0 saturated carbocycles. The summed E-state index contributed by atoms with van der Waals surface area (Å²) in [6.07, 6.45) is 3.00. The molecule has 1 amide bonds. The van der Waals surface area contributed by atoms with E-state index >= 15 is 0 Å². The maximum Gasteiger partial charge on any atom is 0.255 e. The number of methoxy groups -OCH3 is 1. The number of aromatic nitrogens is 4. The highest BCUT2D eigenvalue weighted by molar-refractivity contribution is 6.05. The zero-order valence-corrected chi connectivity index (χ0v) is 17.3. The van der Waals surface area contributed by atoms with Gasteiger partial charge in [0, 0.05) is 5.56 Å². The molecule has 0 atom stereocenters. The van der Waals surface area contributed by atoms with Crippen LogP contribution < -0.4 is 14.8 Å². The van der Waals surface area contributed by atoms with Crippen LogP contribution in [0, 0.1) is 13.8 Å². The van der Waals surface area contributed by atoms with E-state index < -0.39 is 0 Å². The Kier molecular flexibility index (Phi) is 5.65. The number of carbonyl (C=O) groups excluding carboxylic acids is 1. The Morgan fingerprint density at radius 2 is 2.00 bits per heavy atom. The molecule has 158 valence electrons. The van der Waals surface area contributed by atoms with Gasteiger partial charge in [-0.15, -0.1) is 0 Å². The first-order chi connectivity index (χ1) is 15.1. The van der Waals surface area contributed by atoms with Crippen LogP contribution in [0.4, 0.5) is 5.69 Å². The number of anilines is 1. The minimum Gasteiger partial charge on any atom is -0.493 e. The fourth-order valence-corrected chi connectivity index (χ4v) is 3.09. The van der Waals surface area contributed by atoms with Gasteiger partial charge in [0.1, 0.15) is 25.0 Å². The lowest BCUT2D eigenvalue weighted by Crippen LogP contribution is -2.14. The highest BCUT2D eigenvalue weighted by Gasteiger charge is 2.15. The van der Waals surface area contributed by atoms with Crippen LogP contribution in [-0.4, -0.2) is 32.9 Å². The fraction of sp³-hybridized carbons (Fsp3) is 0.182. The van der Waals surface area contributed by atoms with Crippen molar-refractivity contribution in [2.75, 3.05) is 12.4 Å². The molecule has 0 saturated heterocycles. The third kappa shape index (κ3) is 4.25. The highest BCUT2D eigenvalue weighted by atomic mass is 16.5. The molecular weight excluding hydrogens is 398 g/mol. The van der Waals surface area contributed by atoms with E-state index in [1.54, 1.807) is 35.3 Å². The summed E-state index contributed by atoms with van der Waals surface area (Å²) in [5, 5.41) is 11.0. The number of amides is 1. The molecule has 0 unspecified atom stereocenters. The number of nitrogens with one attached hydrogen (secondary N) is 1. The molecule has 31 heavy (non-hydrogen) atoms. The largest absolute Gasteiger partial charge is 0.493 e. The van der Waals surface area contributed by atoms with Crippen molar-refractivity contribution in [3.05, 3.63) is 77.7 Å². The summed E-state index contributed by atoms with van der Waals surface area (Å²) in [7, 11) is 1.53. The number of para-hydroxylation sites is 2. The standard InChI is InChI=1S/C22H21N5O4/c1-14-17(15(2)31-26-14)11-30-20-9-8-16(10-21(20)29-3)22(28)25-18-6-4-5-7-19(18)27-13-23-12-24-27/h4-10,12-13H,11H2,1-3H3,(H,25,28). The zero-order chi connectivity index (χ0) is 21.8. The monoisotopic (exact) mass is 419 g/mol. The molecular formula is C22H21N5O4. The summed E-state index contributed by atoms with van der Waals surface area (Å²) in [5.41, 5.74) is 3.40. The number of hydrogen-bond acceptors (Lipinski definition) is 7. The lowest BCUT2D eigenvalue weighted by Gasteiger charge is -2.13. The summed E-state index contributed by atoms with van der Waals surface area (Å²) < 4.78 is 18.1. The number of aryl methyl sites for hydroxylation is 2. The van der Waals surface area contributed by atoms with Crippen molar-refractivity contribution >= 4 is 11.6 Å². The molecule has 1 N–H and O–H groups in total. The Bertz CT molecular complexity index is 1180. The second-order valence-electron chi connectivity index (χ2n) is 6.77. The molecule has 2 aromatic heterocycles. The number of ether oxygens (including phenoxy) is 2. The molecule has 0 fully saturated rings. The summed E-state index contributed by atoms with van der Waals surface area (Å²) in [6.45, 7) is 3.98. The van der Waals surface area contributed by atoms with Crippen LogP contribution in [0.5, 0.6) is 11.5 Å². The van der Waals surface area contributed by atoms with Crippen LogP contribution in [0.15, 0.2) is 59.6 Å². The average Bonchev–Trinajstić information content (AvgIpc) is 3.43. The first-order valence-electron chi connectivity index (χ1n) is 9.54. The van der Waals surface area contributed by atoms with Gasteiger partial charge >= 0.3 is 0 Å². The minimum atomic E-state index is -0.289. The number of nitrogens with zero attached hydrogens (tertiary/aromatic N) is 4. The van der Waals surface area contributed by atoms with Gasteiger partial charge in [-0.05, 0) is 44.2 Å². The van der Waals surface area contributed by atoms with Crippen molar-refractivity contribution in [3.8, 4) is 17.2 Å². The van der Waals surface area contributed by atoms with Gasteiger partial charge in [0.05, 0.1) is 29.7 Å². The second-order valence-corrected chi connectivity index (χ2v) is 6.77. The van der Waals surface area contributed by atoms with Gasteiger partial charge in [0.2, 0.25) is 0 Å². The van der Waals surface area contributed by atoms with Crippen LogP contribution in [0.25, 0.3) is 5.69 Å². The first-order valence-corrected chi connectivity index (χ1v) is 9.54. The average molecular weight is 419 g/mol. The summed E-state index contributed by atoms with van der Waals surface area (Å²) in [4.78, 5) is 16.8. The van der Waals surface area contributed by atoms with Gasteiger partial charge in [0.25, 0.3) is 5.91 Å². The van der Waals surface area contributed by atoms with Crippen LogP contribution >= 0.6 is 0 Å². The molecule has 0 aliphatic carbocycles. The zero-order valence-electron chi connectivity index (χ0n) is 17.3. The maximum atomic E-state index is 12.9. The van der Waals surface area contributed by atoms with Crippen molar-refractivity contribution in [3.63, 3.8) is 0 Å². The summed E-state index contributed by atoms with van der Waals surface area (Å²) in [5.74, 6) is 1.38. The van der Waals surface area contributed by atoms with Gasteiger partial charge in [-0.3, -0.25) is 4.79 Å². The fourth-order valence-electron chi connectivity index (χ4n) is 3.09. The van der Waals surface area contributed by atoms with Crippen molar-refractivity contribution in [2.45, 2.75) is 20.5 Å². The van der Waals surface area contributed by atoms with E-state index in [1.807, 2.05) is 32.0 Å². The molecule has 0 aliphatic rings. The van der Waals surface area contributed by atoms with Gasteiger partial charge in [-0.1, -0.05) is 17.3 Å². The van der Waals surface area contributed by atoms with Crippen molar-refractivity contribution < 1.29 is 18.8 Å². The Balaban J connectivity index is 1.52. The molecule has 0 bridgehead atoms. The molecule has 9 nitrogen and oxygen atoms in total. The molecule has 9 heteroatoms. The van der Waals surface area contributed by atoms with Gasteiger partial charge < -0.3 is 19.3 Å². The molecule has 4 aromatic rings. The first kappa shape index (κ1) is 20.1. The number of benzene rings is 2. The number of carbonyl (C=O) groups is 1. The maximum absolute atomic E-state index is 12.9. The summed E-state index contributed by atoms with van der Waals surface area (Å²) in [6, 6.07) is 12.4. The SMILES string of the molecule is COc1cc(C(=O)Nc2ccccc2-n2cncn2)ccc1OCc1c(C)noc1C. The predicted molar refractivity (Wildman–Crippen MR) is 113 cm³/mol. The van der Waals surface area contributed by atoms with Gasteiger partial charge in [-0.25, -0.2) is 9.67 Å². The third-order valence-electron chi connectivity index (χ3n) is 4.80. The van der Waals surface area contributed by atoms with E-state index in [-0.39, 0.29) is 12.5 Å². The third-order valence-corrected chi connectivity index (χ3v) is 4.80. The van der Waals surface area contributed by atoms with E-state index in [1.165, 1.54) is 13.4 Å². The highest BCUT2D eigenvalue weighted by Crippen LogP contribution is 2.30. The van der Waals surface area contributed by atoms with Crippen LogP contribution in [0.3, 0.4) is 0 Å². The van der Waals surface area contributed by atoms with Crippen LogP contribution in [-0.2, 0) is 6.61 Å². The van der Waals surface area contributed by atoms with E-state index in [0.717, 1.165) is 11.3 Å². The van der Waals surface area contributed by atoms with Crippen LogP contribution in [0.2, 0.25) is 0 Å². The van der Waals surface area contributed by atoms with Gasteiger partial charge in [0.15, 0.2) is 11.5 Å². The minimum absolute atomic E-state index is 0.286. The molecule has 0 spiro atoms. The lowest BCUT2D eigenvalue weighted by atomic mass is 10.1. The second kappa shape index (κ2) is 8.70. The quantitative estimate of drug-likeness (QED) is 0.487. The normalized spacial score (nSPS) is 10.7. The summed E-state index contributed by atoms with van der Waals surface area (Å²) >= 11 is 0. The van der Waals surface area contributed by atoms with Crippen molar-refractivity contribution in [1.82, 2.24) is 19.9 Å².